The van der Waals surface area contributed by atoms with E-state index in [1.165, 1.54) is 0 Å². The van der Waals surface area contributed by atoms with Gasteiger partial charge >= 0.3 is 0 Å². The molecule has 1 atom stereocenters. The summed E-state index contributed by atoms with van der Waals surface area (Å²) >= 11 is 0. The smallest absolute Gasteiger partial charge is 0.0715 e. The lowest BCUT2D eigenvalue weighted by Crippen LogP contribution is -2.45. The third kappa shape index (κ3) is 10.2. The molecular formula is C12H28N2O. The summed E-state index contributed by atoms with van der Waals surface area (Å²) in [6, 6.07) is 0.464. The van der Waals surface area contributed by atoms with E-state index in [2.05, 4.69) is 38.2 Å². The Balaban J connectivity index is 4.01. The van der Waals surface area contributed by atoms with Gasteiger partial charge in [0.1, 0.15) is 0 Å². The zero-order chi connectivity index (χ0) is 12.1. The summed E-state index contributed by atoms with van der Waals surface area (Å²) in [4.78, 5) is 2.18. The first kappa shape index (κ1) is 14.9. The molecule has 0 aliphatic heterocycles. The Morgan fingerprint density at radius 3 is 2.13 bits per heavy atom. The van der Waals surface area contributed by atoms with Crippen LogP contribution in [0, 0.1) is 5.92 Å². The number of nitrogens with one attached hydrogen (secondary N) is 1. The van der Waals surface area contributed by atoms with Crippen LogP contribution in [0.15, 0.2) is 0 Å². The van der Waals surface area contributed by atoms with E-state index < -0.39 is 5.60 Å². The van der Waals surface area contributed by atoms with E-state index in [0.717, 1.165) is 13.0 Å². The van der Waals surface area contributed by atoms with Crippen molar-refractivity contribution in [1.82, 2.24) is 10.2 Å². The van der Waals surface area contributed by atoms with Crippen molar-refractivity contribution >= 4 is 0 Å². The van der Waals surface area contributed by atoms with E-state index in [-0.39, 0.29) is 0 Å². The quantitative estimate of drug-likeness (QED) is 0.674. The Kier molecular flexibility index (Phi) is 6.41. The van der Waals surface area contributed by atoms with Crippen molar-refractivity contribution in [3.63, 3.8) is 0 Å². The number of hydrogen-bond acceptors (Lipinski definition) is 3. The van der Waals surface area contributed by atoms with E-state index in [4.69, 9.17) is 0 Å². The maximum atomic E-state index is 9.66. The molecule has 0 heterocycles. The summed E-state index contributed by atoms with van der Waals surface area (Å²) in [6.45, 7) is 9.81. The Hall–Kier alpha value is -0.120. The number of rotatable bonds is 7. The third-order valence-corrected chi connectivity index (χ3v) is 2.16. The van der Waals surface area contributed by atoms with Crippen LogP contribution >= 0.6 is 0 Å². The Bertz CT molecular complexity index is 151. The monoisotopic (exact) mass is 216 g/mol. The summed E-state index contributed by atoms with van der Waals surface area (Å²) in [5, 5.41) is 13.1. The van der Waals surface area contributed by atoms with Crippen molar-refractivity contribution in [2.45, 2.75) is 45.8 Å². The lowest BCUT2D eigenvalue weighted by atomic mass is 10.0. The fraction of sp³-hybridized carbons (Fsp3) is 1.00. The van der Waals surface area contributed by atoms with Crippen LogP contribution in [0.25, 0.3) is 0 Å². The van der Waals surface area contributed by atoms with Crippen LogP contribution in [0.1, 0.15) is 34.1 Å². The molecule has 0 aliphatic carbocycles. The van der Waals surface area contributed by atoms with Crippen molar-refractivity contribution in [3.05, 3.63) is 0 Å². The van der Waals surface area contributed by atoms with E-state index in [0.29, 0.717) is 18.5 Å². The highest BCUT2D eigenvalue weighted by Crippen LogP contribution is 2.07. The molecule has 0 bridgehead atoms. The standard InChI is InChI=1S/C12H28N2O/c1-10(2)7-11(8-14(5)6)13-9-12(3,4)15/h10-11,13,15H,7-9H2,1-6H3. The summed E-state index contributed by atoms with van der Waals surface area (Å²) in [5.41, 5.74) is -0.623. The maximum absolute atomic E-state index is 9.66. The average Bonchev–Trinajstić information content (AvgIpc) is 1.96. The largest absolute Gasteiger partial charge is 0.389 e. The van der Waals surface area contributed by atoms with Gasteiger partial charge in [0, 0.05) is 19.1 Å². The molecule has 3 nitrogen and oxygen atoms in total. The molecule has 15 heavy (non-hydrogen) atoms. The highest BCUT2D eigenvalue weighted by atomic mass is 16.3. The Labute approximate surface area is 94.9 Å². The minimum atomic E-state index is -0.623. The zero-order valence-electron chi connectivity index (χ0n) is 11.2. The number of likely N-dealkylation sites (N-methyl/N-ethyl adjacent to an activating group) is 1. The molecule has 0 aromatic rings. The van der Waals surface area contributed by atoms with Gasteiger partial charge in [-0.2, -0.15) is 0 Å². The fourth-order valence-electron chi connectivity index (χ4n) is 1.63. The second-order valence-corrected chi connectivity index (χ2v) is 5.78. The normalized spacial score (nSPS) is 15.0. The minimum absolute atomic E-state index is 0.464. The molecule has 1 unspecified atom stereocenters. The van der Waals surface area contributed by atoms with Crippen LogP contribution in [0.4, 0.5) is 0 Å². The maximum Gasteiger partial charge on any atom is 0.0715 e. The van der Waals surface area contributed by atoms with Crippen molar-refractivity contribution in [2.24, 2.45) is 5.92 Å². The van der Waals surface area contributed by atoms with Gasteiger partial charge < -0.3 is 15.3 Å². The topological polar surface area (TPSA) is 35.5 Å². The second kappa shape index (κ2) is 6.46. The van der Waals surface area contributed by atoms with Crippen LogP contribution in [-0.2, 0) is 0 Å². The third-order valence-electron chi connectivity index (χ3n) is 2.16. The number of nitrogens with zero attached hydrogens (tertiary/aromatic N) is 1. The van der Waals surface area contributed by atoms with Crippen molar-refractivity contribution in [3.8, 4) is 0 Å². The number of aliphatic hydroxyl groups is 1. The SMILES string of the molecule is CC(C)CC(CN(C)C)NCC(C)(C)O. The average molecular weight is 216 g/mol. The van der Waals surface area contributed by atoms with E-state index in [1.807, 2.05) is 13.8 Å². The van der Waals surface area contributed by atoms with Gasteiger partial charge in [-0.25, -0.2) is 0 Å². The summed E-state index contributed by atoms with van der Waals surface area (Å²) in [5.74, 6) is 0.684. The minimum Gasteiger partial charge on any atom is -0.389 e. The van der Waals surface area contributed by atoms with Crippen LogP contribution in [0.3, 0.4) is 0 Å². The second-order valence-electron chi connectivity index (χ2n) is 5.78. The molecule has 0 spiro atoms. The molecule has 0 aromatic heterocycles. The fourth-order valence-corrected chi connectivity index (χ4v) is 1.63. The highest BCUT2D eigenvalue weighted by Gasteiger charge is 2.17. The van der Waals surface area contributed by atoms with Crippen molar-refractivity contribution in [1.29, 1.82) is 0 Å². The summed E-state index contributed by atoms with van der Waals surface area (Å²) in [7, 11) is 4.16. The van der Waals surface area contributed by atoms with Crippen molar-refractivity contribution in [2.75, 3.05) is 27.2 Å². The highest BCUT2D eigenvalue weighted by molar-refractivity contribution is 4.76. The van der Waals surface area contributed by atoms with Crippen molar-refractivity contribution < 1.29 is 5.11 Å². The first-order chi connectivity index (χ1) is 6.70. The van der Waals surface area contributed by atoms with Gasteiger partial charge in [-0.05, 0) is 40.3 Å². The van der Waals surface area contributed by atoms with E-state index in [9.17, 15) is 5.11 Å². The Morgan fingerprint density at radius 1 is 1.27 bits per heavy atom. The Morgan fingerprint density at radius 2 is 1.80 bits per heavy atom. The molecule has 0 aromatic carbocycles. The van der Waals surface area contributed by atoms with Crippen LogP contribution in [-0.4, -0.2) is 48.8 Å². The van der Waals surface area contributed by atoms with Gasteiger partial charge in [0.2, 0.25) is 0 Å². The molecule has 0 saturated heterocycles. The lowest BCUT2D eigenvalue weighted by Gasteiger charge is -2.27. The van der Waals surface area contributed by atoms with Gasteiger partial charge in [0.15, 0.2) is 0 Å². The first-order valence-electron chi connectivity index (χ1n) is 5.81. The molecule has 0 rings (SSSR count). The predicted octanol–water partition coefficient (Wildman–Crippen LogP) is 1.32. The zero-order valence-corrected chi connectivity index (χ0v) is 11.2. The lowest BCUT2D eigenvalue weighted by molar-refractivity contribution is 0.0739. The molecule has 0 aliphatic rings. The van der Waals surface area contributed by atoms with Gasteiger partial charge in [-0.3, -0.25) is 0 Å². The van der Waals surface area contributed by atoms with Gasteiger partial charge in [-0.15, -0.1) is 0 Å². The van der Waals surface area contributed by atoms with Crippen LogP contribution in [0.5, 0.6) is 0 Å². The molecule has 2 N–H and O–H groups in total. The summed E-state index contributed by atoms with van der Waals surface area (Å²) in [6.07, 6.45) is 1.15. The first-order valence-corrected chi connectivity index (χ1v) is 5.81. The van der Waals surface area contributed by atoms with E-state index in [1.54, 1.807) is 0 Å². The van der Waals surface area contributed by atoms with Crippen LogP contribution < -0.4 is 5.32 Å². The molecular weight excluding hydrogens is 188 g/mol. The predicted molar refractivity (Wildman–Crippen MR) is 66.1 cm³/mol. The molecule has 0 radical (unpaired) electrons. The van der Waals surface area contributed by atoms with E-state index >= 15 is 0 Å². The van der Waals surface area contributed by atoms with Gasteiger partial charge in [0.25, 0.3) is 0 Å². The number of hydrogen-bond donors (Lipinski definition) is 2. The molecule has 0 fully saturated rings. The van der Waals surface area contributed by atoms with Crippen LogP contribution in [0.2, 0.25) is 0 Å². The molecule has 0 amide bonds. The van der Waals surface area contributed by atoms with Gasteiger partial charge in [0.05, 0.1) is 5.60 Å². The van der Waals surface area contributed by atoms with Gasteiger partial charge in [-0.1, -0.05) is 13.8 Å². The molecule has 3 heteroatoms. The molecule has 0 saturated carbocycles. The summed E-state index contributed by atoms with van der Waals surface area (Å²) < 4.78 is 0. The molecule has 92 valence electrons.